The second-order valence-electron chi connectivity index (χ2n) is 5.57. The van der Waals surface area contributed by atoms with Crippen LogP contribution in [0, 0.1) is 17.0 Å². The van der Waals surface area contributed by atoms with Gasteiger partial charge in [0.25, 0.3) is 5.69 Å². The highest BCUT2D eigenvalue weighted by Crippen LogP contribution is 2.18. The molecule has 0 radical (unpaired) electrons. The molecule has 6 nitrogen and oxygen atoms in total. The average Bonchev–Trinajstić information content (AvgIpc) is 2.96. The lowest BCUT2D eigenvalue weighted by Crippen LogP contribution is -2.42. The fourth-order valence-electron chi connectivity index (χ4n) is 2.39. The van der Waals surface area contributed by atoms with Crippen LogP contribution in [0.3, 0.4) is 0 Å². The van der Waals surface area contributed by atoms with Gasteiger partial charge in [-0.15, -0.1) is 11.3 Å². The van der Waals surface area contributed by atoms with Gasteiger partial charge in [0.2, 0.25) is 0 Å². The number of thiophene rings is 1. The van der Waals surface area contributed by atoms with Crippen molar-refractivity contribution in [3.63, 3.8) is 0 Å². The van der Waals surface area contributed by atoms with Gasteiger partial charge in [-0.05, 0) is 26.0 Å². The van der Waals surface area contributed by atoms with Crippen molar-refractivity contribution in [1.82, 2.24) is 10.6 Å². The van der Waals surface area contributed by atoms with Gasteiger partial charge in [-0.1, -0.05) is 18.2 Å². The van der Waals surface area contributed by atoms with Crippen LogP contribution in [-0.4, -0.2) is 24.0 Å². The van der Waals surface area contributed by atoms with Gasteiger partial charge >= 0.3 is 0 Å². The van der Waals surface area contributed by atoms with Crippen molar-refractivity contribution in [3.05, 3.63) is 61.8 Å². The van der Waals surface area contributed by atoms with Crippen LogP contribution in [0.15, 0.2) is 41.4 Å². The highest BCUT2D eigenvalue weighted by Gasteiger charge is 2.13. The summed E-state index contributed by atoms with van der Waals surface area (Å²) in [5.74, 6) is 0.633. The molecule has 1 unspecified atom stereocenters. The standard InChI is InChI=1S/C17H22N4O2S/c1-12(10-15-9-8-13(2)24-15)20-17(18-3)19-11-14-6-4-5-7-16(14)21(22)23/h4-9,12H,10-11H2,1-3H3,(H2,18,19,20). The van der Waals surface area contributed by atoms with E-state index >= 15 is 0 Å². The van der Waals surface area contributed by atoms with Gasteiger partial charge in [-0.3, -0.25) is 15.1 Å². The highest BCUT2D eigenvalue weighted by molar-refractivity contribution is 7.11. The number of nitro benzene ring substituents is 1. The Morgan fingerprint density at radius 1 is 1.33 bits per heavy atom. The third kappa shape index (κ3) is 5.06. The quantitative estimate of drug-likeness (QED) is 0.364. The summed E-state index contributed by atoms with van der Waals surface area (Å²) in [6, 6.07) is 11.2. The summed E-state index contributed by atoms with van der Waals surface area (Å²) in [5, 5.41) is 17.5. The van der Waals surface area contributed by atoms with Crippen LogP contribution < -0.4 is 10.6 Å². The maximum absolute atomic E-state index is 11.1. The normalized spacial score (nSPS) is 12.7. The Balaban J connectivity index is 1.92. The average molecular weight is 346 g/mol. The Morgan fingerprint density at radius 3 is 2.71 bits per heavy atom. The number of guanidine groups is 1. The molecule has 128 valence electrons. The maximum atomic E-state index is 11.1. The highest BCUT2D eigenvalue weighted by atomic mass is 32.1. The molecule has 0 bridgehead atoms. The number of para-hydroxylation sites is 1. The van der Waals surface area contributed by atoms with Gasteiger partial charge < -0.3 is 10.6 Å². The molecule has 2 rings (SSSR count). The van der Waals surface area contributed by atoms with E-state index in [2.05, 4.69) is 41.6 Å². The Bertz CT molecular complexity index is 727. The minimum atomic E-state index is -0.366. The zero-order chi connectivity index (χ0) is 17.5. The van der Waals surface area contributed by atoms with E-state index < -0.39 is 0 Å². The number of rotatable bonds is 6. The lowest BCUT2D eigenvalue weighted by molar-refractivity contribution is -0.385. The van der Waals surface area contributed by atoms with Gasteiger partial charge in [0, 0.05) is 47.4 Å². The molecule has 0 aliphatic heterocycles. The van der Waals surface area contributed by atoms with Crippen molar-refractivity contribution in [2.24, 2.45) is 4.99 Å². The molecular weight excluding hydrogens is 324 g/mol. The number of nitro groups is 1. The zero-order valence-electron chi connectivity index (χ0n) is 14.1. The van der Waals surface area contributed by atoms with Crippen molar-refractivity contribution >= 4 is 23.0 Å². The van der Waals surface area contributed by atoms with Crippen molar-refractivity contribution in [2.45, 2.75) is 32.9 Å². The van der Waals surface area contributed by atoms with E-state index in [4.69, 9.17) is 0 Å². The van der Waals surface area contributed by atoms with E-state index in [0.717, 1.165) is 6.42 Å². The summed E-state index contributed by atoms with van der Waals surface area (Å²) in [4.78, 5) is 17.5. The summed E-state index contributed by atoms with van der Waals surface area (Å²) >= 11 is 1.79. The van der Waals surface area contributed by atoms with Gasteiger partial charge in [-0.25, -0.2) is 0 Å². The molecule has 0 spiro atoms. The number of hydrogen-bond donors (Lipinski definition) is 2. The van der Waals surface area contributed by atoms with Crippen molar-refractivity contribution in [2.75, 3.05) is 7.05 Å². The monoisotopic (exact) mass is 346 g/mol. The molecule has 1 heterocycles. The molecule has 0 aliphatic rings. The first-order valence-corrected chi connectivity index (χ1v) is 8.56. The first-order valence-electron chi connectivity index (χ1n) is 7.74. The van der Waals surface area contributed by atoms with Crippen LogP contribution in [0.1, 0.15) is 22.2 Å². The summed E-state index contributed by atoms with van der Waals surface area (Å²) in [6.45, 7) is 4.54. The van der Waals surface area contributed by atoms with E-state index in [-0.39, 0.29) is 16.7 Å². The summed E-state index contributed by atoms with van der Waals surface area (Å²) < 4.78 is 0. The summed E-state index contributed by atoms with van der Waals surface area (Å²) in [5.41, 5.74) is 0.745. The van der Waals surface area contributed by atoms with Crippen LogP contribution in [0.5, 0.6) is 0 Å². The van der Waals surface area contributed by atoms with Gasteiger partial charge in [0.1, 0.15) is 0 Å². The molecule has 0 saturated heterocycles. The van der Waals surface area contributed by atoms with Gasteiger partial charge in [0.15, 0.2) is 5.96 Å². The maximum Gasteiger partial charge on any atom is 0.274 e. The van der Waals surface area contributed by atoms with Crippen LogP contribution >= 0.6 is 11.3 Å². The predicted octanol–water partition coefficient (Wildman–Crippen LogP) is 3.26. The van der Waals surface area contributed by atoms with Crippen LogP contribution in [0.4, 0.5) is 5.69 Å². The SMILES string of the molecule is CN=C(NCc1ccccc1[N+](=O)[O-])NC(C)Cc1ccc(C)s1. The molecule has 0 amide bonds. The third-order valence-corrected chi connectivity index (χ3v) is 4.57. The third-order valence-electron chi connectivity index (χ3n) is 3.54. The molecule has 0 fully saturated rings. The zero-order valence-corrected chi connectivity index (χ0v) is 14.9. The number of hydrogen-bond acceptors (Lipinski definition) is 4. The fourth-order valence-corrected chi connectivity index (χ4v) is 3.41. The topological polar surface area (TPSA) is 79.6 Å². The number of nitrogens with zero attached hydrogens (tertiary/aromatic N) is 2. The van der Waals surface area contributed by atoms with E-state index in [0.29, 0.717) is 18.1 Å². The van der Waals surface area contributed by atoms with Crippen molar-refractivity contribution in [3.8, 4) is 0 Å². The number of nitrogens with one attached hydrogen (secondary N) is 2. The smallest absolute Gasteiger partial charge is 0.274 e. The van der Waals surface area contributed by atoms with Crippen molar-refractivity contribution < 1.29 is 4.92 Å². The second kappa shape index (κ2) is 8.44. The number of aliphatic imine (C=N–C) groups is 1. The predicted molar refractivity (Wildman–Crippen MR) is 98.7 cm³/mol. The molecular formula is C17H22N4O2S. The van der Waals surface area contributed by atoms with E-state index in [1.165, 1.54) is 15.8 Å². The molecule has 0 saturated carbocycles. The van der Waals surface area contributed by atoms with E-state index in [9.17, 15) is 10.1 Å². The first kappa shape index (κ1) is 17.9. The minimum Gasteiger partial charge on any atom is -0.354 e. The molecule has 1 atom stereocenters. The largest absolute Gasteiger partial charge is 0.354 e. The lowest BCUT2D eigenvalue weighted by Gasteiger charge is -2.17. The number of aryl methyl sites for hydroxylation is 1. The van der Waals surface area contributed by atoms with E-state index in [1.807, 2.05) is 0 Å². The van der Waals surface area contributed by atoms with Crippen LogP contribution in [0.25, 0.3) is 0 Å². The van der Waals surface area contributed by atoms with Crippen LogP contribution in [-0.2, 0) is 13.0 Å². The fraction of sp³-hybridized carbons (Fsp3) is 0.353. The van der Waals surface area contributed by atoms with Gasteiger partial charge in [0.05, 0.1) is 4.92 Å². The Morgan fingerprint density at radius 2 is 2.08 bits per heavy atom. The minimum absolute atomic E-state index is 0.113. The van der Waals surface area contributed by atoms with E-state index in [1.54, 1.807) is 36.6 Å². The first-order chi connectivity index (χ1) is 11.5. The second-order valence-corrected chi connectivity index (χ2v) is 6.95. The Hall–Kier alpha value is -2.41. The molecule has 1 aromatic heterocycles. The molecule has 2 aromatic rings. The summed E-state index contributed by atoms with van der Waals surface area (Å²) in [6.07, 6.45) is 0.907. The molecule has 1 aromatic carbocycles. The molecule has 2 N–H and O–H groups in total. The number of benzene rings is 1. The van der Waals surface area contributed by atoms with Gasteiger partial charge in [-0.2, -0.15) is 0 Å². The van der Waals surface area contributed by atoms with Crippen molar-refractivity contribution in [1.29, 1.82) is 0 Å². The van der Waals surface area contributed by atoms with Crippen LogP contribution in [0.2, 0.25) is 0 Å². The molecule has 24 heavy (non-hydrogen) atoms. The molecule has 7 heteroatoms. The molecule has 0 aliphatic carbocycles. The Labute approximate surface area is 145 Å². The Kier molecular flexibility index (Phi) is 6.31. The summed E-state index contributed by atoms with van der Waals surface area (Å²) in [7, 11) is 1.69. The lowest BCUT2D eigenvalue weighted by atomic mass is 10.2.